The lowest BCUT2D eigenvalue weighted by Gasteiger charge is -2.33. The van der Waals surface area contributed by atoms with Gasteiger partial charge in [0.25, 0.3) is 0 Å². The van der Waals surface area contributed by atoms with Gasteiger partial charge in [-0.3, -0.25) is 0 Å². The molecule has 3 aromatic rings. The van der Waals surface area contributed by atoms with Crippen molar-refractivity contribution in [3.63, 3.8) is 0 Å². The van der Waals surface area contributed by atoms with Gasteiger partial charge < -0.3 is 19.1 Å². The second kappa shape index (κ2) is 7.03. The second-order valence-corrected chi connectivity index (χ2v) is 6.70. The number of rotatable bonds is 2. The number of carbonyl (C=O) groups is 1. The molecule has 3 heterocycles. The van der Waals surface area contributed by atoms with E-state index in [1.807, 2.05) is 40.8 Å². The van der Waals surface area contributed by atoms with Crippen molar-refractivity contribution in [2.45, 2.75) is 0 Å². The highest BCUT2D eigenvalue weighted by Gasteiger charge is 2.24. The SMILES string of the molecule is COC(=O)N1CCN(c2ncc(Cl)c(-c3nc4ccccc4n3C)n2)CC1. The van der Waals surface area contributed by atoms with E-state index >= 15 is 0 Å². The molecule has 27 heavy (non-hydrogen) atoms. The molecular formula is C18H19ClN6O2. The number of aromatic nitrogens is 4. The standard InChI is InChI=1S/C18H19ClN6O2/c1-23-14-6-4-3-5-13(14)21-16(23)15-12(19)11-20-17(22-15)24-7-9-25(10-8-24)18(26)27-2/h3-6,11H,7-10H2,1-2H3. The van der Waals surface area contributed by atoms with Crippen LogP contribution < -0.4 is 4.90 Å². The molecule has 140 valence electrons. The normalized spacial score (nSPS) is 14.6. The molecule has 0 saturated carbocycles. The monoisotopic (exact) mass is 386 g/mol. The Balaban J connectivity index is 1.64. The van der Waals surface area contributed by atoms with Crippen LogP contribution >= 0.6 is 11.6 Å². The summed E-state index contributed by atoms with van der Waals surface area (Å²) in [6, 6.07) is 7.89. The van der Waals surface area contributed by atoms with Crippen molar-refractivity contribution in [3.05, 3.63) is 35.5 Å². The molecule has 0 aliphatic carbocycles. The fraction of sp³-hybridized carbons (Fsp3) is 0.333. The van der Waals surface area contributed by atoms with E-state index in [9.17, 15) is 4.79 Å². The molecule has 0 N–H and O–H groups in total. The Kier molecular flexibility index (Phi) is 4.57. The van der Waals surface area contributed by atoms with Gasteiger partial charge in [-0.25, -0.2) is 19.7 Å². The van der Waals surface area contributed by atoms with Crippen molar-refractivity contribution < 1.29 is 9.53 Å². The highest BCUT2D eigenvalue weighted by molar-refractivity contribution is 6.32. The zero-order valence-electron chi connectivity index (χ0n) is 15.1. The molecule has 1 aromatic carbocycles. The number of hydrogen-bond acceptors (Lipinski definition) is 6. The van der Waals surface area contributed by atoms with E-state index in [4.69, 9.17) is 16.3 Å². The third-order valence-corrected chi connectivity index (χ3v) is 5.00. The van der Waals surface area contributed by atoms with E-state index in [1.54, 1.807) is 11.1 Å². The molecule has 1 fully saturated rings. The Bertz CT molecular complexity index is 997. The van der Waals surface area contributed by atoms with Crippen molar-refractivity contribution in [1.29, 1.82) is 0 Å². The number of carbonyl (C=O) groups excluding carboxylic acids is 1. The number of benzene rings is 1. The lowest BCUT2D eigenvalue weighted by Crippen LogP contribution is -2.49. The maximum Gasteiger partial charge on any atom is 0.409 e. The Hall–Kier alpha value is -2.87. The number of halogens is 1. The van der Waals surface area contributed by atoms with Crippen molar-refractivity contribution in [1.82, 2.24) is 24.4 Å². The van der Waals surface area contributed by atoms with Gasteiger partial charge in [-0.05, 0) is 12.1 Å². The quantitative estimate of drug-likeness (QED) is 0.673. The molecule has 1 amide bonds. The Morgan fingerprint density at radius 3 is 2.59 bits per heavy atom. The maximum atomic E-state index is 11.6. The summed E-state index contributed by atoms with van der Waals surface area (Å²) in [6.45, 7) is 2.36. The number of amides is 1. The molecule has 9 heteroatoms. The first kappa shape index (κ1) is 17.5. The summed E-state index contributed by atoms with van der Waals surface area (Å²) in [7, 11) is 3.33. The number of aryl methyl sites for hydroxylation is 1. The fourth-order valence-corrected chi connectivity index (χ4v) is 3.42. The first-order chi connectivity index (χ1) is 13.1. The number of para-hydroxylation sites is 2. The molecule has 1 aliphatic rings. The maximum absolute atomic E-state index is 11.6. The van der Waals surface area contributed by atoms with Crippen LogP contribution in [0.25, 0.3) is 22.6 Å². The number of ether oxygens (including phenoxy) is 1. The number of anilines is 1. The van der Waals surface area contributed by atoms with Crippen LogP contribution in [0.2, 0.25) is 5.02 Å². The number of hydrogen-bond donors (Lipinski definition) is 0. The van der Waals surface area contributed by atoms with Gasteiger partial charge in [-0.15, -0.1) is 0 Å². The smallest absolute Gasteiger partial charge is 0.409 e. The second-order valence-electron chi connectivity index (χ2n) is 6.29. The van der Waals surface area contributed by atoms with Gasteiger partial charge >= 0.3 is 6.09 Å². The van der Waals surface area contributed by atoms with E-state index in [1.165, 1.54) is 7.11 Å². The zero-order valence-corrected chi connectivity index (χ0v) is 15.8. The molecule has 0 spiro atoms. The Morgan fingerprint density at radius 1 is 1.15 bits per heavy atom. The van der Waals surface area contributed by atoms with Crippen LogP contribution in [0, 0.1) is 0 Å². The predicted molar refractivity (Wildman–Crippen MR) is 103 cm³/mol. The summed E-state index contributed by atoms with van der Waals surface area (Å²) >= 11 is 6.39. The highest BCUT2D eigenvalue weighted by atomic mass is 35.5. The van der Waals surface area contributed by atoms with E-state index in [0.717, 1.165) is 11.0 Å². The largest absolute Gasteiger partial charge is 0.453 e. The molecular weight excluding hydrogens is 368 g/mol. The fourth-order valence-electron chi connectivity index (χ4n) is 3.24. The van der Waals surface area contributed by atoms with E-state index in [-0.39, 0.29) is 6.09 Å². The van der Waals surface area contributed by atoms with Crippen LogP contribution in [0.3, 0.4) is 0 Å². The first-order valence-corrected chi connectivity index (χ1v) is 8.98. The lowest BCUT2D eigenvalue weighted by atomic mass is 10.3. The third kappa shape index (κ3) is 3.16. The summed E-state index contributed by atoms with van der Waals surface area (Å²) in [4.78, 5) is 29.1. The van der Waals surface area contributed by atoms with Crippen LogP contribution in [0.4, 0.5) is 10.7 Å². The van der Waals surface area contributed by atoms with Crippen molar-refractivity contribution in [3.8, 4) is 11.5 Å². The van der Waals surface area contributed by atoms with Crippen LogP contribution in [0.1, 0.15) is 0 Å². The van der Waals surface area contributed by atoms with Gasteiger partial charge in [0.1, 0.15) is 5.69 Å². The molecule has 8 nitrogen and oxygen atoms in total. The van der Waals surface area contributed by atoms with Gasteiger partial charge in [0.05, 0.1) is 29.4 Å². The minimum absolute atomic E-state index is 0.313. The summed E-state index contributed by atoms with van der Waals surface area (Å²) in [6.07, 6.45) is 1.29. The molecule has 0 radical (unpaired) electrons. The van der Waals surface area contributed by atoms with Gasteiger partial charge in [0, 0.05) is 33.2 Å². The molecule has 4 rings (SSSR count). The summed E-state index contributed by atoms with van der Waals surface area (Å²) in [5, 5.41) is 0.449. The number of fused-ring (bicyclic) bond motifs is 1. The Morgan fingerprint density at radius 2 is 1.89 bits per heavy atom. The van der Waals surface area contributed by atoms with Crippen molar-refractivity contribution in [2.24, 2.45) is 7.05 Å². The van der Waals surface area contributed by atoms with E-state index in [0.29, 0.717) is 48.7 Å². The average Bonchev–Trinajstić information content (AvgIpc) is 3.04. The summed E-state index contributed by atoms with van der Waals surface area (Å²) in [5.41, 5.74) is 2.49. The average molecular weight is 387 g/mol. The highest BCUT2D eigenvalue weighted by Crippen LogP contribution is 2.29. The van der Waals surface area contributed by atoms with Crippen molar-refractivity contribution >= 4 is 34.7 Å². The number of methoxy groups -OCH3 is 1. The molecule has 0 unspecified atom stereocenters. The lowest BCUT2D eigenvalue weighted by molar-refractivity contribution is 0.121. The Labute approximate surface area is 161 Å². The molecule has 0 bridgehead atoms. The zero-order chi connectivity index (χ0) is 19.0. The van der Waals surface area contributed by atoms with Crippen LogP contribution in [0.5, 0.6) is 0 Å². The van der Waals surface area contributed by atoms with Crippen LogP contribution in [-0.4, -0.2) is 63.8 Å². The minimum Gasteiger partial charge on any atom is -0.453 e. The van der Waals surface area contributed by atoms with Crippen LogP contribution in [-0.2, 0) is 11.8 Å². The summed E-state index contributed by atoms with van der Waals surface area (Å²) < 4.78 is 6.75. The predicted octanol–water partition coefficient (Wildman–Crippen LogP) is 2.57. The number of imidazole rings is 1. The van der Waals surface area contributed by atoms with Crippen molar-refractivity contribution in [2.75, 3.05) is 38.2 Å². The van der Waals surface area contributed by atoms with Crippen LogP contribution in [0.15, 0.2) is 30.5 Å². The molecule has 1 saturated heterocycles. The minimum atomic E-state index is -0.313. The first-order valence-electron chi connectivity index (χ1n) is 8.60. The molecule has 0 atom stereocenters. The molecule has 1 aliphatic heterocycles. The number of piperazine rings is 1. The number of nitrogens with zero attached hydrogens (tertiary/aromatic N) is 6. The van der Waals surface area contributed by atoms with Gasteiger partial charge in [-0.1, -0.05) is 23.7 Å². The van der Waals surface area contributed by atoms with Gasteiger partial charge in [-0.2, -0.15) is 0 Å². The van der Waals surface area contributed by atoms with Gasteiger partial charge in [0.2, 0.25) is 5.95 Å². The van der Waals surface area contributed by atoms with E-state index < -0.39 is 0 Å². The topological polar surface area (TPSA) is 76.4 Å². The molecule has 2 aromatic heterocycles. The van der Waals surface area contributed by atoms with Gasteiger partial charge in [0.15, 0.2) is 5.82 Å². The van der Waals surface area contributed by atoms with E-state index in [2.05, 4.69) is 15.0 Å². The summed E-state index contributed by atoms with van der Waals surface area (Å²) in [5.74, 6) is 1.27. The third-order valence-electron chi connectivity index (χ3n) is 4.73.